The van der Waals surface area contributed by atoms with Crippen LogP contribution in [0.2, 0.25) is 0 Å². The van der Waals surface area contributed by atoms with Crippen LogP contribution in [0.3, 0.4) is 0 Å². The van der Waals surface area contributed by atoms with Gasteiger partial charge >= 0.3 is 0 Å². The minimum Gasteiger partial charge on any atom is -0.456 e. The lowest BCUT2D eigenvalue weighted by atomic mass is 9.95. The van der Waals surface area contributed by atoms with Crippen LogP contribution in [0.25, 0.3) is 257 Å². The monoisotopic (exact) mass is 1620 g/mol. The van der Waals surface area contributed by atoms with E-state index in [9.17, 15) is 0 Å². The fourth-order valence-electron chi connectivity index (χ4n) is 18.9. The molecular weight excluding hydrogens is 1560 g/mol. The predicted octanol–water partition coefficient (Wildman–Crippen LogP) is 31.0. The molecule has 0 amide bonds. The van der Waals surface area contributed by atoms with Gasteiger partial charge in [-0.3, -0.25) is 9.55 Å². The molecule has 27 aromatic rings. The Kier molecular flexibility index (Phi) is 16.9. The highest BCUT2D eigenvalue weighted by molar-refractivity contribution is 7.25. The Hall–Kier alpha value is -16.7. The van der Waals surface area contributed by atoms with Crippen LogP contribution in [0.15, 0.2) is 422 Å². The molecule has 27 rings (SSSR count). The molecule has 0 aliphatic carbocycles. The summed E-state index contributed by atoms with van der Waals surface area (Å²) in [6.07, 6.45) is 3.77. The van der Waals surface area contributed by atoms with Gasteiger partial charge in [-0.05, 0) is 117 Å². The van der Waals surface area contributed by atoms with Crippen molar-refractivity contribution >= 4 is 184 Å². The molecule has 0 atom stereocenters. The van der Waals surface area contributed by atoms with Gasteiger partial charge in [0.2, 0.25) is 5.95 Å². The number of fused-ring (bicyclic) bond motifs is 23. The minimum absolute atomic E-state index is 0.616. The van der Waals surface area contributed by atoms with Crippen molar-refractivity contribution in [2.45, 2.75) is 0 Å². The van der Waals surface area contributed by atoms with E-state index in [4.69, 9.17) is 38.7 Å². The average Bonchev–Trinajstić information content (AvgIpc) is 1.53. The summed E-state index contributed by atoms with van der Waals surface area (Å²) >= 11 is 1.83. The summed E-state index contributed by atoms with van der Waals surface area (Å²) in [6.45, 7) is 0. The van der Waals surface area contributed by atoms with Gasteiger partial charge in [-0.15, -0.1) is 11.3 Å². The van der Waals surface area contributed by atoms with Crippen LogP contribution in [0, 0.1) is 0 Å². The summed E-state index contributed by atoms with van der Waals surface area (Å²) in [5.74, 6) is 0.616. The molecule has 0 unspecified atom stereocenters. The summed E-state index contributed by atoms with van der Waals surface area (Å²) in [4.78, 5) is 35.8. The van der Waals surface area contributed by atoms with E-state index in [0.29, 0.717) is 5.95 Å². The normalized spacial score (nSPS) is 11.8. The molecule has 126 heavy (non-hydrogen) atoms. The van der Waals surface area contributed by atoms with Crippen molar-refractivity contribution in [1.82, 2.24) is 39.5 Å². The number of thiophene rings is 1. The molecule has 0 spiro atoms. The van der Waals surface area contributed by atoms with Crippen LogP contribution in [-0.2, 0) is 0 Å². The molecule has 10 nitrogen and oxygen atoms in total. The standard InChI is InChI=1S/C44H25N5S.C36H22N2O.C35H21NO/c1-2-10-26(11-3-1)42-32-15-6-8-16-36(32)47-44(48-42)49-38-19-18-27(22-34(38)29-20-21-45-25-39(29)49)43-31-14-5-4-12-28(31)33-23-35-30-13-7-9-17-40(30)50-41(35)24-37(33)46-43;1-3-11-23(12-4-1)31-19-25(20-32(37-31)24-13-5-2-6-14-24)36-28-17-8-7-15-26(28)29-21-30-27-16-9-10-18-34(27)39-35(30)22-33(29)38-36;1-2-10-25-22(8-1)9-7-14-26(25)23-16-18-24(19-17-23)35-29-13-4-3-11-27(29)30-20-31-28-12-5-6-15-33(28)37-34(31)21-32(30)36-35/h1-25H;1-22H;1-21H. The maximum absolute atomic E-state index is 6.22. The molecule has 0 aliphatic rings. The van der Waals surface area contributed by atoms with Gasteiger partial charge in [0.25, 0.3) is 0 Å². The first-order chi connectivity index (χ1) is 62.4. The van der Waals surface area contributed by atoms with Crippen molar-refractivity contribution in [3.8, 4) is 84.6 Å². The molecule has 0 radical (unpaired) electrons. The number of aromatic nitrogens is 8. The van der Waals surface area contributed by atoms with Gasteiger partial charge in [-0.25, -0.2) is 29.9 Å². The Bertz CT molecular complexity index is 9060. The summed E-state index contributed by atoms with van der Waals surface area (Å²) in [5, 5.41) is 23.2. The van der Waals surface area contributed by atoms with Gasteiger partial charge in [-0.1, -0.05) is 309 Å². The largest absolute Gasteiger partial charge is 0.456 e. The molecule has 0 bridgehead atoms. The van der Waals surface area contributed by atoms with Crippen LogP contribution in [0.5, 0.6) is 0 Å². The lowest BCUT2D eigenvalue weighted by Gasteiger charge is -2.13. The fraction of sp³-hybridized carbons (Fsp3) is 0. The summed E-state index contributed by atoms with van der Waals surface area (Å²) < 4.78 is 17.1. The van der Waals surface area contributed by atoms with Crippen molar-refractivity contribution in [3.63, 3.8) is 0 Å². The molecule has 0 N–H and O–H groups in total. The van der Waals surface area contributed by atoms with E-state index in [-0.39, 0.29) is 0 Å². The Morgan fingerprint density at radius 3 is 1.28 bits per heavy atom. The molecule has 17 aromatic carbocycles. The SMILES string of the molecule is c1ccc(-c2cc(-c3nc4cc5oc6ccccc6c5cc4c4ccccc34)cc(-c3ccccc3)n2)cc1.c1ccc(-c2nc(-n3c4ccc(-c5nc6cc7sc8ccccc8c7cc6c6ccccc56)cc4c4ccncc43)nc3ccccc23)cc1.c1ccc2c(-c3ccc(-c4nc5cc6oc7ccccc7c6cc5c5ccccc45)cc3)cccc2c1. The molecule has 0 saturated heterocycles. The molecule has 0 saturated carbocycles. The maximum atomic E-state index is 6.22. The van der Waals surface area contributed by atoms with Crippen molar-refractivity contribution in [2.75, 3.05) is 0 Å². The number of furan rings is 2. The molecular formula is C115H68N8O2S. The van der Waals surface area contributed by atoms with Crippen LogP contribution < -0.4 is 0 Å². The third-order valence-corrected chi connectivity index (χ3v) is 25.9. The van der Waals surface area contributed by atoms with E-state index in [1.54, 1.807) is 0 Å². The van der Waals surface area contributed by atoms with E-state index in [2.05, 4.69) is 319 Å². The fourth-order valence-corrected chi connectivity index (χ4v) is 20.0. The third-order valence-electron chi connectivity index (χ3n) is 24.8. The quantitative estimate of drug-likeness (QED) is 0.137. The van der Waals surface area contributed by atoms with Gasteiger partial charge in [0.15, 0.2) is 0 Å². The average molecular weight is 1630 g/mol. The first-order valence-corrected chi connectivity index (χ1v) is 43.1. The van der Waals surface area contributed by atoms with Crippen LogP contribution in [0.1, 0.15) is 0 Å². The predicted molar refractivity (Wildman–Crippen MR) is 524 cm³/mol. The Morgan fingerprint density at radius 2 is 0.667 bits per heavy atom. The molecule has 0 aliphatic heterocycles. The number of rotatable bonds is 8. The number of hydrogen-bond donors (Lipinski definition) is 0. The summed E-state index contributed by atoms with van der Waals surface area (Å²) in [5.41, 5.74) is 23.7. The zero-order chi connectivity index (χ0) is 82.9. The second-order valence-corrected chi connectivity index (χ2v) is 33.2. The van der Waals surface area contributed by atoms with Gasteiger partial charge in [0, 0.05) is 142 Å². The number of hydrogen-bond acceptors (Lipinski definition) is 10. The van der Waals surface area contributed by atoms with Gasteiger partial charge in [0.05, 0.1) is 73.5 Å². The van der Waals surface area contributed by atoms with Crippen LogP contribution in [-0.4, -0.2) is 39.5 Å². The lowest BCUT2D eigenvalue weighted by Crippen LogP contribution is -2.03. The Labute approximate surface area is 724 Å². The number of para-hydroxylation sites is 3. The van der Waals surface area contributed by atoms with Crippen molar-refractivity contribution in [2.24, 2.45) is 0 Å². The smallest absolute Gasteiger partial charge is 0.235 e. The molecule has 10 aromatic heterocycles. The number of benzene rings is 17. The number of pyridine rings is 5. The van der Waals surface area contributed by atoms with E-state index in [0.717, 1.165) is 188 Å². The highest BCUT2D eigenvalue weighted by Gasteiger charge is 2.24. The van der Waals surface area contributed by atoms with Crippen LogP contribution >= 0.6 is 11.3 Å². The minimum atomic E-state index is 0.616. The highest BCUT2D eigenvalue weighted by atomic mass is 32.1. The topological polar surface area (TPSA) is 121 Å². The summed E-state index contributed by atoms with van der Waals surface area (Å²) in [6, 6.07) is 140. The number of nitrogens with zero attached hydrogens (tertiary/aromatic N) is 8. The van der Waals surface area contributed by atoms with E-state index < -0.39 is 0 Å². The molecule has 0 fully saturated rings. The van der Waals surface area contributed by atoms with Crippen molar-refractivity contribution < 1.29 is 8.83 Å². The van der Waals surface area contributed by atoms with E-state index in [1.165, 1.54) is 63.6 Å². The molecule has 11 heteroatoms. The van der Waals surface area contributed by atoms with E-state index >= 15 is 0 Å². The van der Waals surface area contributed by atoms with Crippen LogP contribution in [0.4, 0.5) is 0 Å². The second-order valence-electron chi connectivity index (χ2n) is 32.1. The first-order valence-electron chi connectivity index (χ1n) is 42.3. The molecule has 10 heterocycles. The van der Waals surface area contributed by atoms with E-state index in [1.807, 2.05) is 115 Å². The van der Waals surface area contributed by atoms with Gasteiger partial charge in [0.1, 0.15) is 22.3 Å². The zero-order valence-corrected chi connectivity index (χ0v) is 68.4. The Morgan fingerprint density at radius 1 is 0.214 bits per heavy atom. The summed E-state index contributed by atoms with van der Waals surface area (Å²) in [7, 11) is 0. The zero-order valence-electron chi connectivity index (χ0n) is 67.6. The third kappa shape index (κ3) is 12.2. The highest BCUT2D eigenvalue weighted by Crippen LogP contribution is 2.46. The lowest BCUT2D eigenvalue weighted by molar-refractivity contribution is 0.669. The second kappa shape index (κ2) is 29.6. The Balaban J connectivity index is 0.000000105. The first kappa shape index (κ1) is 72.1. The van der Waals surface area contributed by atoms with Crippen molar-refractivity contribution in [1.29, 1.82) is 0 Å². The van der Waals surface area contributed by atoms with Gasteiger partial charge in [-0.2, -0.15) is 0 Å². The van der Waals surface area contributed by atoms with Gasteiger partial charge < -0.3 is 8.83 Å². The molecule has 586 valence electrons. The van der Waals surface area contributed by atoms with Crippen molar-refractivity contribution in [3.05, 3.63) is 413 Å². The maximum Gasteiger partial charge on any atom is 0.235 e.